The smallest absolute Gasteiger partial charge is 0.123 e. The average molecular weight is 334 g/mol. The second-order valence-corrected chi connectivity index (χ2v) is 6.13. The van der Waals surface area contributed by atoms with Gasteiger partial charge in [0.05, 0.1) is 0 Å². The third-order valence-electron chi connectivity index (χ3n) is 4.08. The van der Waals surface area contributed by atoms with Gasteiger partial charge in [-0.1, -0.05) is 46.3 Å². The van der Waals surface area contributed by atoms with Gasteiger partial charge in [-0.15, -0.1) is 0 Å². The number of halogens is 2. The van der Waals surface area contributed by atoms with Crippen molar-refractivity contribution >= 4 is 15.9 Å². The molecular formula is C17H17BrFN. The van der Waals surface area contributed by atoms with Crippen molar-refractivity contribution in [2.75, 3.05) is 13.1 Å². The predicted molar refractivity (Wildman–Crippen MR) is 83.5 cm³/mol. The Balaban J connectivity index is 1.95. The van der Waals surface area contributed by atoms with E-state index in [9.17, 15) is 4.39 Å². The summed E-state index contributed by atoms with van der Waals surface area (Å²) in [6.45, 7) is 1.97. The van der Waals surface area contributed by atoms with Crippen molar-refractivity contribution < 1.29 is 4.39 Å². The van der Waals surface area contributed by atoms with Gasteiger partial charge in [0, 0.05) is 16.9 Å². The Morgan fingerprint density at radius 2 is 1.75 bits per heavy atom. The minimum Gasteiger partial charge on any atom is -0.316 e. The van der Waals surface area contributed by atoms with Gasteiger partial charge in [0.15, 0.2) is 0 Å². The first-order chi connectivity index (χ1) is 9.75. The molecule has 1 fully saturated rings. The summed E-state index contributed by atoms with van der Waals surface area (Å²) in [7, 11) is 0. The van der Waals surface area contributed by atoms with Crippen LogP contribution in [0, 0.1) is 5.82 Å². The van der Waals surface area contributed by atoms with Crippen LogP contribution in [-0.4, -0.2) is 13.1 Å². The Morgan fingerprint density at radius 1 is 1.00 bits per heavy atom. The summed E-state index contributed by atoms with van der Waals surface area (Å²) in [6.07, 6.45) is 1.10. The molecule has 0 radical (unpaired) electrons. The summed E-state index contributed by atoms with van der Waals surface area (Å²) in [4.78, 5) is 0. The standard InChI is InChI=1S/C17H17BrFN/c18-17-4-2-1-3-15(17)14-9-10-20-11-16(14)12-5-7-13(19)8-6-12/h1-8,14,16,20H,9-11H2. The van der Waals surface area contributed by atoms with E-state index in [-0.39, 0.29) is 5.82 Å². The van der Waals surface area contributed by atoms with Gasteiger partial charge >= 0.3 is 0 Å². The Hall–Kier alpha value is -1.19. The van der Waals surface area contributed by atoms with Crippen molar-refractivity contribution in [3.8, 4) is 0 Å². The lowest BCUT2D eigenvalue weighted by Crippen LogP contribution is -2.34. The van der Waals surface area contributed by atoms with Gasteiger partial charge < -0.3 is 5.32 Å². The van der Waals surface area contributed by atoms with Crippen LogP contribution in [-0.2, 0) is 0 Å². The van der Waals surface area contributed by atoms with Crippen LogP contribution in [0.15, 0.2) is 53.0 Å². The fourth-order valence-electron chi connectivity index (χ4n) is 3.07. The normalized spacial score (nSPS) is 22.7. The van der Waals surface area contributed by atoms with E-state index in [0.717, 1.165) is 19.5 Å². The van der Waals surface area contributed by atoms with Crippen LogP contribution in [0.5, 0.6) is 0 Å². The van der Waals surface area contributed by atoms with Gasteiger partial charge in [-0.25, -0.2) is 4.39 Å². The monoisotopic (exact) mass is 333 g/mol. The van der Waals surface area contributed by atoms with E-state index in [4.69, 9.17) is 0 Å². The third-order valence-corrected chi connectivity index (χ3v) is 4.81. The van der Waals surface area contributed by atoms with Crippen molar-refractivity contribution in [2.24, 2.45) is 0 Å². The van der Waals surface area contributed by atoms with Crippen LogP contribution in [0.3, 0.4) is 0 Å². The van der Waals surface area contributed by atoms with E-state index in [1.54, 1.807) is 12.1 Å². The topological polar surface area (TPSA) is 12.0 Å². The molecule has 3 rings (SSSR count). The van der Waals surface area contributed by atoms with Gasteiger partial charge in [-0.2, -0.15) is 0 Å². The van der Waals surface area contributed by atoms with Gasteiger partial charge in [-0.05, 0) is 48.2 Å². The molecule has 2 atom stereocenters. The minimum atomic E-state index is -0.171. The third kappa shape index (κ3) is 2.79. The molecule has 1 nitrogen and oxygen atoms in total. The zero-order valence-electron chi connectivity index (χ0n) is 11.2. The maximum Gasteiger partial charge on any atom is 0.123 e. The summed E-state index contributed by atoms with van der Waals surface area (Å²) >= 11 is 3.66. The van der Waals surface area contributed by atoms with E-state index < -0.39 is 0 Å². The van der Waals surface area contributed by atoms with Crippen molar-refractivity contribution in [3.63, 3.8) is 0 Å². The zero-order chi connectivity index (χ0) is 13.9. The van der Waals surface area contributed by atoms with Crippen molar-refractivity contribution in [2.45, 2.75) is 18.3 Å². The molecule has 2 aromatic carbocycles. The molecule has 2 unspecified atom stereocenters. The fourth-order valence-corrected chi connectivity index (χ4v) is 3.65. The Bertz CT molecular complexity index is 582. The summed E-state index contributed by atoms with van der Waals surface area (Å²) in [5, 5.41) is 3.46. The van der Waals surface area contributed by atoms with E-state index in [1.807, 2.05) is 18.2 Å². The van der Waals surface area contributed by atoms with Gasteiger partial charge in [0.25, 0.3) is 0 Å². The first-order valence-corrected chi connectivity index (χ1v) is 7.75. The molecule has 1 heterocycles. The maximum atomic E-state index is 13.1. The quantitative estimate of drug-likeness (QED) is 0.856. The van der Waals surface area contributed by atoms with Crippen LogP contribution < -0.4 is 5.32 Å². The lowest BCUT2D eigenvalue weighted by molar-refractivity contribution is 0.403. The summed E-state index contributed by atoms with van der Waals surface area (Å²) in [5.41, 5.74) is 2.56. The Morgan fingerprint density at radius 3 is 2.50 bits per heavy atom. The molecule has 1 N–H and O–H groups in total. The molecule has 1 saturated heterocycles. The van der Waals surface area contributed by atoms with E-state index in [0.29, 0.717) is 11.8 Å². The molecule has 0 saturated carbocycles. The zero-order valence-corrected chi connectivity index (χ0v) is 12.7. The highest BCUT2D eigenvalue weighted by molar-refractivity contribution is 9.10. The van der Waals surface area contributed by atoms with Gasteiger partial charge in [0.2, 0.25) is 0 Å². The Kier molecular flexibility index (Phi) is 4.18. The summed E-state index contributed by atoms with van der Waals surface area (Å²) < 4.78 is 14.3. The van der Waals surface area contributed by atoms with E-state index in [1.165, 1.54) is 15.6 Å². The summed E-state index contributed by atoms with van der Waals surface area (Å²) in [5.74, 6) is 0.690. The van der Waals surface area contributed by atoms with Crippen molar-refractivity contribution in [1.82, 2.24) is 5.32 Å². The predicted octanol–water partition coefficient (Wildman–Crippen LogP) is 4.45. The molecule has 0 aromatic heterocycles. The largest absolute Gasteiger partial charge is 0.316 e. The number of benzene rings is 2. The van der Waals surface area contributed by atoms with Crippen LogP contribution >= 0.6 is 15.9 Å². The van der Waals surface area contributed by atoms with Crippen LogP contribution in [0.25, 0.3) is 0 Å². The van der Waals surface area contributed by atoms with Gasteiger partial charge in [0.1, 0.15) is 5.82 Å². The van der Waals surface area contributed by atoms with E-state index >= 15 is 0 Å². The molecule has 0 amide bonds. The number of nitrogens with one attached hydrogen (secondary N) is 1. The molecule has 1 aliphatic rings. The number of piperidine rings is 1. The molecule has 2 aromatic rings. The average Bonchev–Trinajstić information content (AvgIpc) is 2.49. The Labute approximate surface area is 127 Å². The lowest BCUT2D eigenvalue weighted by Gasteiger charge is -2.33. The highest BCUT2D eigenvalue weighted by Crippen LogP contribution is 2.40. The molecule has 20 heavy (non-hydrogen) atoms. The van der Waals surface area contributed by atoms with Crippen LogP contribution in [0.1, 0.15) is 29.4 Å². The first-order valence-electron chi connectivity index (χ1n) is 6.96. The highest BCUT2D eigenvalue weighted by atomic mass is 79.9. The molecule has 1 aliphatic heterocycles. The minimum absolute atomic E-state index is 0.171. The number of rotatable bonds is 2. The molecular weight excluding hydrogens is 317 g/mol. The maximum absolute atomic E-state index is 13.1. The van der Waals surface area contributed by atoms with Crippen molar-refractivity contribution in [1.29, 1.82) is 0 Å². The van der Waals surface area contributed by atoms with Gasteiger partial charge in [-0.3, -0.25) is 0 Å². The summed E-state index contributed by atoms with van der Waals surface area (Å²) in [6, 6.07) is 15.4. The SMILES string of the molecule is Fc1ccc(C2CNCCC2c2ccccc2Br)cc1. The second-order valence-electron chi connectivity index (χ2n) is 5.28. The fraction of sp³-hybridized carbons (Fsp3) is 0.294. The lowest BCUT2D eigenvalue weighted by atomic mass is 9.77. The van der Waals surface area contributed by atoms with Crippen LogP contribution in [0.4, 0.5) is 4.39 Å². The molecule has 3 heteroatoms. The first kappa shape index (κ1) is 13.8. The van der Waals surface area contributed by atoms with E-state index in [2.05, 4.69) is 39.4 Å². The molecule has 104 valence electrons. The number of hydrogen-bond donors (Lipinski definition) is 1. The number of hydrogen-bond acceptors (Lipinski definition) is 1. The van der Waals surface area contributed by atoms with Crippen molar-refractivity contribution in [3.05, 3.63) is 69.9 Å². The second kappa shape index (κ2) is 6.06. The highest BCUT2D eigenvalue weighted by Gasteiger charge is 2.28. The molecule has 0 bridgehead atoms. The van der Waals surface area contributed by atoms with Crippen LogP contribution in [0.2, 0.25) is 0 Å². The molecule has 0 spiro atoms. The molecule has 0 aliphatic carbocycles.